The Labute approximate surface area is 222 Å². The highest BCUT2D eigenvalue weighted by Crippen LogP contribution is 2.41. The number of hydrogen-bond acceptors (Lipinski definition) is 1. The van der Waals surface area contributed by atoms with Gasteiger partial charge in [0.2, 0.25) is 0 Å². The minimum Gasteiger partial charge on any atom is -0.425 e. The van der Waals surface area contributed by atoms with Crippen molar-refractivity contribution < 1.29 is 31.1 Å². The summed E-state index contributed by atoms with van der Waals surface area (Å²) in [6.07, 6.45) is 6.26. The van der Waals surface area contributed by atoms with Crippen LogP contribution in [0.15, 0.2) is 36.4 Å². The van der Waals surface area contributed by atoms with Crippen molar-refractivity contribution in [1.82, 2.24) is 0 Å². The van der Waals surface area contributed by atoms with Crippen molar-refractivity contribution in [3.05, 3.63) is 53.6 Å². The summed E-state index contributed by atoms with van der Waals surface area (Å²) in [7, 11) is 0. The van der Waals surface area contributed by atoms with Crippen LogP contribution in [0.3, 0.4) is 0 Å². The molecule has 4 rings (SSSR count). The summed E-state index contributed by atoms with van der Waals surface area (Å²) in [4.78, 5) is 0. The van der Waals surface area contributed by atoms with Crippen LogP contribution >= 0.6 is 0 Å². The van der Waals surface area contributed by atoms with Crippen molar-refractivity contribution in [3.8, 4) is 16.9 Å². The molecular weight excluding hydrogens is 502 g/mol. The number of rotatable bonds is 10. The topological polar surface area (TPSA) is 9.23 Å². The smallest absolute Gasteiger partial charge is 0.425 e. The first-order valence-corrected chi connectivity index (χ1v) is 14.1. The first kappa shape index (κ1) is 28.8. The van der Waals surface area contributed by atoms with Gasteiger partial charge in [-0.05, 0) is 78.7 Å². The molecular formula is C31H38F6O. The van der Waals surface area contributed by atoms with Crippen molar-refractivity contribution in [2.24, 2.45) is 17.8 Å². The number of benzene rings is 2. The van der Waals surface area contributed by atoms with E-state index in [2.05, 4.69) is 11.7 Å². The summed E-state index contributed by atoms with van der Waals surface area (Å²) in [6.45, 7) is 2.28. The van der Waals surface area contributed by atoms with Crippen LogP contribution in [0, 0.1) is 29.4 Å². The molecule has 2 aliphatic carbocycles. The second-order valence-electron chi connectivity index (χ2n) is 11.3. The van der Waals surface area contributed by atoms with E-state index in [0.717, 1.165) is 61.1 Å². The van der Waals surface area contributed by atoms with E-state index in [1.54, 1.807) is 6.07 Å². The Morgan fingerprint density at radius 2 is 1.34 bits per heavy atom. The second-order valence-corrected chi connectivity index (χ2v) is 11.3. The number of alkyl halides is 4. The van der Waals surface area contributed by atoms with Crippen LogP contribution < -0.4 is 4.74 Å². The second kappa shape index (κ2) is 12.8. The predicted molar refractivity (Wildman–Crippen MR) is 138 cm³/mol. The SMILES string of the molecule is CCCC1CCC(CCC2CCC(c3ccc(-c4ccc(OC(F)(F)C(F)F)c(F)c4)c(F)c3)CC2)CC1. The summed E-state index contributed by atoms with van der Waals surface area (Å²) >= 11 is 0. The largest absolute Gasteiger partial charge is 0.461 e. The minimum absolute atomic E-state index is 0.113. The van der Waals surface area contributed by atoms with Gasteiger partial charge in [-0.15, -0.1) is 0 Å². The van der Waals surface area contributed by atoms with E-state index in [1.165, 1.54) is 63.5 Å². The average molecular weight is 541 g/mol. The summed E-state index contributed by atoms with van der Waals surface area (Å²) < 4.78 is 84.0. The third-order valence-corrected chi connectivity index (χ3v) is 8.70. The monoisotopic (exact) mass is 540 g/mol. The van der Waals surface area contributed by atoms with Crippen LogP contribution in [0.2, 0.25) is 0 Å². The maximum atomic E-state index is 15.0. The van der Waals surface area contributed by atoms with Gasteiger partial charge < -0.3 is 4.74 Å². The standard InChI is InChI=1S/C31H38F6O/c1-2-3-20-4-6-21(7-5-20)8-9-22-10-12-23(13-11-22)24-14-16-26(27(32)18-24)25-15-17-29(28(33)19-25)38-31(36,37)30(34)35/h14-23,30H,2-13H2,1H3. The third kappa shape index (κ3) is 7.26. The number of hydrogen-bond donors (Lipinski definition) is 0. The fraction of sp³-hybridized carbons (Fsp3) is 0.613. The van der Waals surface area contributed by atoms with E-state index in [1.807, 2.05) is 6.07 Å². The molecule has 0 radical (unpaired) electrons. The molecule has 0 aromatic heterocycles. The lowest BCUT2D eigenvalue weighted by molar-refractivity contribution is -0.254. The fourth-order valence-electron chi connectivity index (χ4n) is 6.43. The zero-order chi connectivity index (χ0) is 27.3. The van der Waals surface area contributed by atoms with Gasteiger partial charge in [-0.3, -0.25) is 0 Å². The molecule has 2 saturated carbocycles. The van der Waals surface area contributed by atoms with Gasteiger partial charge in [0.1, 0.15) is 5.82 Å². The normalized spacial score (nSPS) is 24.5. The zero-order valence-corrected chi connectivity index (χ0v) is 22.0. The Morgan fingerprint density at radius 3 is 1.87 bits per heavy atom. The van der Waals surface area contributed by atoms with Crippen LogP contribution in [0.25, 0.3) is 11.1 Å². The van der Waals surface area contributed by atoms with Crippen molar-refractivity contribution in [2.45, 2.75) is 102 Å². The van der Waals surface area contributed by atoms with Gasteiger partial charge in [-0.2, -0.15) is 17.6 Å². The van der Waals surface area contributed by atoms with Gasteiger partial charge in [0.05, 0.1) is 0 Å². The molecule has 0 N–H and O–H groups in total. The molecule has 0 amide bonds. The van der Waals surface area contributed by atoms with Crippen LogP contribution in [0.5, 0.6) is 5.75 Å². The molecule has 2 fully saturated rings. The highest BCUT2D eigenvalue weighted by molar-refractivity contribution is 5.65. The molecule has 0 aliphatic heterocycles. The third-order valence-electron chi connectivity index (χ3n) is 8.70. The zero-order valence-electron chi connectivity index (χ0n) is 22.0. The Hall–Kier alpha value is -2.18. The van der Waals surface area contributed by atoms with Crippen LogP contribution in [0.4, 0.5) is 26.3 Å². The summed E-state index contributed by atoms with van der Waals surface area (Å²) in [6, 6.07) is 7.69. The van der Waals surface area contributed by atoms with Gasteiger partial charge in [0.25, 0.3) is 0 Å². The van der Waals surface area contributed by atoms with E-state index >= 15 is 4.39 Å². The van der Waals surface area contributed by atoms with Crippen molar-refractivity contribution in [2.75, 3.05) is 0 Å². The Balaban J connectivity index is 1.29. The molecule has 0 atom stereocenters. The van der Waals surface area contributed by atoms with Gasteiger partial charge in [0, 0.05) is 5.56 Å². The molecule has 2 aromatic rings. The number of halogens is 6. The summed E-state index contributed by atoms with van der Waals surface area (Å²) in [5.41, 5.74) is 1.14. The van der Waals surface area contributed by atoms with E-state index in [-0.39, 0.29) is 17.0 Å². The Kier molecular flexibility index (Phi) is 9.69. The number of ether oxygens (including phenoxy) is 1. The van der Waals surface area contributed by atoms with Crippen molar-refractivity contribution >= 4 is 0 Å². The maximum absolute atomic E-state index is 15.0. The Bertz CT molecular complexity index is 1040. The summed E-state index contributed by atoms with van der Waals surface area (Å²) in [5, 5.41) is 0. The average Bonchev–Trinajstić information content (AvgIpc) is 2.90. The van der Waals surface area contributed by atoms with Crippen molar-refractivity contribution in [3.63, 3.8) is 0 Å². The molecule has 2 aliphatic rings. The first-order valence-electron chi connectivity index (χ1n) is 14.1. The van der Waals surface area contributed by atoms with E-state index < -0.39 is 29.9 Å². The molecule has 7 heteroatoms. The van der Waals surface area contributed by atoms with Crippen LogP contribution in [-0.4, -0.2) is 12.5 Å². The van der Waals surface area contributed by atoms with E-state index in [4.69, 9.17) is 0 Å². The van der Waals surface area contributed by atoms with Gasteiger partial charge >= 0.3 is 12.5 Å². The molecule has 0 saturated heterocycles. The van der Waals surface area contributed by atoms with E-state index in [0.29, 0.717) is 0 Å². The lowest BCUT2D eigenvalue weighted by Crippen LogP contribution is -2.33. The van der Waals surface area contributed by atoms with Crippen LogP contribution in [0.1, 0.15) is 95.5 Å². The Morgan fingerprint density at radius 1 is 0.763 bits per heavy atom. The molecule has 0 unspecified atom stereocenters. The molecule has 0 heterocycles. The quantitative estimate of drug-likeness (QED) is 0.272. The summed E-state index contributed by atoms with van der Waals surface area (Å²) in [5.74, 6) is 0.0312. The maximum Gasteiger partial charge on any atom is 0.461 e. The highest BCUT2D eigenvalue weighted by atomic mass is 19.3. The molecule has 2 aromatic carbocycles. The van der Waals surface area contributed by atoms with Gasteiger partial charge in [0.15, 0.2) is 11.6 Å². The van der Waals surface area contributed by atoms with Crippen LogP contribution in [-0.2, 0) is 0 Å². The van der Waals surface area contributed by atoms with Gasteiger partial charge in [-0.1, -0.05) is 76.5 Å². The molecule has 0 bridgehead atoms. The lowest BCUT2D eigenvalue weighted by Gasteiger charge is -2.32. The fourth-order valence-corrected chi connectivity index (χ4v) is 6.43. The first-order chi connectivity index (χ1) is 18.2. The van der Waals surface area contributed by atoms with E-state index in [9.17, 15) is 22.0 Å². The van der Waals surface area contributed by atoms with Crippen molar-refractivity contribution in [1.29, 1.82) is 0 Å². The highest BCUT2D eigenvalue weighted by Gasteiger charge is 2.44. The molecule has 0 spiro atoms. The van der Waals surface area contributed by atoms with Gasteiger partial charge in [-0.25, -0.2) is 8.78 Å². The molecule has 1 nitrogen and oxygen atoms in total. The minimum atomic E-state index is -4.82. The molecule has 38 heavy (non-hydrogen) atoms. The lowest BCUT2D eigenvalue weighted by atomic mass is 9.74. The predicted octanol–water partition coefficient (Wildman–Crippen LogP) is 10.5. The molecule has 210 valence electrons.